The highest BCUT2D eigenvalue weighted by molar-refractivity contribution is 7.10. The van der Waals surface area contributed by atoms with E-state index in [9.17, 15) is 0 Å². The summed E-state index contributed by atoms with van der Waals surface area (Å²) >= 11 is 1.91. The minimum atomic E-state index is 0.575. The van der Waals surface area contributed by atoms with E-state index in [1.54, 1.807) is 0 Å². The second-order valence-electron chi connectivity index (χ2n) is 6.84. The van der Waals surface area contributed by atoms with Gasteiger partial charge in [-0.3, -0.25) is 9.80 Å². The molecule has 2 saturated heterocycles. The van der Waals surface area contributed by atoms with E-state index in [2.05, 4.69) is 48.1 Å². The topological polar surface area (TPSA) is 6.48 Å². The number of thiophene rings is 1. The first kappa shape index (κ1) is 14.6. The first-order valence-electron chi connectivity index (χ1n) is 8.20. The lowest BCUT2D eigenvalue weighted by molar-refractivity contribution is -0.0265. The van der Waals surface area contributed by atoms with E-state index < -0.39 is 0 Å². The molecule has 2 aliphatic rings. The fourth-order valence-electron chi connectivity index (χ4n) is 3.96. The number of hydrogen-bond acceptors (Lipinski definition) is 3. The van der Waals surface area contributed by atoms with Gasteiger partial charge in [0.1, 0.15) is 0 Å². The van der Waals surface area contributed by atoms with Crippen molar-refractivity contribution >= 4 is 11.3 Å². The number of hydrogen-bond donors (Lipinski definition) is 0. The molecule has 0 aromatic carbocycles. The van der Waals surface area contributed by atoms with Gasteiger partial charge in [-0.2, -0.15) is 0 Å². The summed E-state index contributed by atoms with van der Waals surface area (Å²) in [7, 11) is 0. The van der Waals surface area contributed by atoms with Crippen LogP contribution < -0.4 is 0 Å². The second kappa shape index (κ2) is 6.17. The van der Waals surface area contributed by atoms with Crippen molar-refractivity contribution in [3.8, 4) is 0 Å². The Morgan fingerprint density at radius 3 is 2.75 bits per heavy atom. The minimum Gasteiger partial charge on any atom is -0.298 e. The third-order valence-corrected chi connectivity index (χ3v) is 6.28. The van der Waals surface area contributed by atoms with Crippen LogP contribution >= 0.6 is 11.3 Å². The summed E-state index contributed by atoms with van der Waals surface area (Å²) in [6.45, 7) is 11.1. The molecule has 1 aromatic heterocycles. The lowest BCUT2D eigenvalue weighted by Crippen LogP contribution is -2.61. The Balaban J connectivity index is 1.79. The third kappa shape index (κ3) is 2.81. The van der Waals surface area contributed by atoms with Gasteiger partial charge in [0.25, 0.3) is 0 Å². The first-order valence-corrected chi connectivity index (χ1v) is 9.08. The highest BCUT2D eigenvalue weighted by atomic mass is 32.1. The van der Waals surface area contributed by atoms with E-state index in [4.69, 9.17) is 0 Å². The number of piperazine rings is 1. The van der Waals surface area contributed by atoms with Crippen LogP contribution in [-0.2, 0) is 0 Å². The molecule has 20 heavy (non-hydrogen) atoms. The molecule has 3 unspecified atom stereocenters. The third-order valence-electron chi connectivity index (χ3n) is 5.24. The molecule has 0 saturated carbocycles. The van der Waals surface area contributed by atoms with Crippen LogP contribution in [0.1, 0.15) is 51.0 Å². The van der Waals surface area contributed by atoms with Gasteiger partial charge in [0, 0.05) is 36.1 Å². The Labute approximate surface area is 127 Å². The molecule has 3 heterocycles. The van der Waals surface area contributed by atoms with Crippen LogP contribution in [0.5, 0.6) is 0 Å². The molecule has 0 aliphatic carbocycles. The van der Waals surface area contributed by atoms with Crippen molar-refractivity contribution in [2.45, 2.75) is 58.2 Å². The quantitative estimate of drug-likeness (QED) is 0.830. The van der Waals surface area contributed by atoms with Gasteiger partial charge in [-0.1, -0.05) is 26.3 Å². The van der Waals surface area contributed by atoms with Crippen molar-refractivity contribution in [1.82, 2.24) is 9.80 Å². The predicted molar refractivity (Wildman–Crippen MR) is 87.3 cm³/mol. The summed E-state index contributed by atoms with van der Waals surface area (Å²) in [5.41, 5.74) is 0. The Hall–Kier alpha value is -0.380. The van der Waals surface area contributed by atoms with Crippen molar-refractivity contribution in [1.29, 1.82) is 0 Å². The lowest BCUT2D eigenvalue weighted by atomic mass is 9.91. The highest BCUT2D eigenvalue weighted by Gasteiger charge is 2.38. The first-order chi connectivity index (χ1) is 9.66. The predicted octanol–water partition coefficient (Wildman–Crippen LogP) is 4.00. The zero-order valence-electron chi connectivity index (χ0n) is 13.1. The molecule has 112 valence electrons. The molecule has 0 spiro atoms. The van der Waals surface area contributed by atoms with Gasteiger partial charge in [-0.25, -0.2) is 0 Å². The summed E-state index contributed by atoms with van der Waals surface area (Å²) in [4.78, 5) is 7.09. The summed E-state index contributed by atoms with van der Waals surface area (Å²) in [5, 5.41) is 2.22. The fraction of sp³-hybridized carbons (Fsp3) is 0.765. The van der Waals surface area contributed by atoms with E-state index >= 15 is 0 Å². The summed E-state index contributed by atoms with van der Waals surface area (Å²) in [6, 6.07) is 6.59. The molecule has 0 amide bonds. The molecular weight excluding hydrogens is 264 g/mol. The van der Waals surface area contributed by atoms with Crippen LogP contribution in [0.4, 0.5) is 0 Å². The van der Waals surface area contributed by atoms with Crippen LogP contribution in [0.3, 0.4) is 0 Å². The molecule has 3 heteroatoms. The van der Waals surface area contributed by atoms with E-state index in [-0.39, 0.29) is 0 Å². The van der Waals surface area contributed by atoms with E-state index in [0.717, 1.165) is 12.0 Å². The molecule has 0 radical (unpaired) electrons. The largest absolute Gasteiger partial charge is 0.298 e. The zero-order chi connectivity index (χ0) is 14.1. The SMILES string of the molecule is CC(C)C1CN2CCCCC2CN1C(C)c1cccs1. The molecular formula is C17H28N2S. The highest BCUT2D eigenvalue weighted by Crippen LogP contribution is 2.34. The van der Waals surface area contributed by atoms with Gasteiger partial charge in [0.15, 0.2) is 0 Å². The average molecular weight is 292 g/mol. The molecule has 3 atom stereocenters. The summed E-state index contributed by atoms with van der Waals surface area (Å²) in [6.07, 6.45) is 4.23. The van der Waals surface area contributed by atoms with Crippen LogP contribution in [0.15, 0.2) is 17.5 Å². The maximum Gasteiger partial charge on any atom is 0.0417 e. The van der Waals surface area contributed by atoms with Gasteiger partial charge < -0.3 is 0 Å². The van der Waals surface area contributed by atoms with Gasteiger partial charge >= 0.3 is 0 Å². The monoisotopic (exact) mass is 292 g/mol. The number of rotatable bonds is 3. The summed E-state index contributed by atoms with van der Waals surface area (Å²) in [5.74, 6) is 0.736. The molecule has 3 rings (SSSR count). The van der Waals surface area contributed by atoms with Crippen molar-refractivity contribution in [2.24, 2.45) is 5.92 Å². The van der Waals surface area contributed by atoms with Crippen LogP contribution in [-0.4, -0.2) is 41.5 Å². The van der Waals surface area contributed by atoms with Crippen molar-refractivity contribution in [3.05, 3.63) is 22.4 Å². The normalized spacial score (nSPS) is 30.4. The Morgan fingerprint density at radius 2 is 2.05 bits per heavy atom. The number of piperidine rings is 1. The molecule has 0 N–H and O–H groups in total. The lowest BCUT2D eigenvalue weighted by Gasteiger charge is -2.51. The molecule has 2 fully saturated rings. The van der Waals surface area contributed by atoms with Crippen LogP contribution in [0.25, 0.3) is 0 Å². The number of fused-ring (bicyclic) bond motifs is 1. The number of nitrogens with zero attached hydrogens (tertiary/aromatic N) is 2. The molecule has 2 nitrogen and oxygen atoms in total. The van der Waals surface area contributed by atoms with Crippen LogP contribution in [0.2, 0.25) is 0 Å². The zero-order valence-corrected chi connectivity index (χ0v) is 13.9. The summed E-state index contributed by atoms with van der Waals surface area (Å²) < 4.78 is 0. The van der Waals surface area contributed by atoms with Gasteiger partial charge in [-0.05, 0) is 43.7 Å². The molecule has 0 bridgehead atoms. The maximum absolute atomic E-state index is 2.79. The van der Waals surface area contributed by atoms with E-state index in [1.807, 2.05) is 11.3 Å². The average Bonchev–Trinajstić information content (AvgIpc) is 2.99. The van der Waals surface area contributed by atoms with Crippen LogP contribution in [0, 0.1) is 5.92 Å². The Kier molecular flexibility index (Phi) is 4.49. The molecule has 1 aromatic rings. The van der Waals surface area contributed by atoms with Crippen molar-refractivity contribution in [3.63, 3.8) is 0 Å². The second-order valence-corrected chi connectivity index (χ2v) is 7.82. The Morgan fingerprint density at radius 1 is 1.20 bits per heavy atom. The standard InChI is InChI=1S/C17H28N2S/c1-13(2)16-12-18-9-5-4-7-15(18)11-19(16)14(3)17-8-6-10-20-17/h6,8,10,13-16H,4-5,7,9,11-12H2,1-3H3. The van der Waals surface area contributed by atoms with E-state index in [1.165, 1.54) is 43.8 Å². The van der Waals surface area contributed by atoms with Gasteiger partial charge in [0.2, 0.25) is 0 Å². The van der Waals surface area contributed by atoms with Crippen molar-refractivity contribution < 1.29 is 0 Å². The smallest absolute Gasteiger partial charge is 0.0417 e. The van der Waals surface area contributed by atoms with Gasteiger partial charge in [0.05, 0.1) is 0 Å². The van der Waals surface area contributed by atoms with Gasteiger partial charge in [-0.15, -0.1) is 11.3 Å². The Bertz CT molecular complexity index is 415. The van der Waals surface area contributed by atoms with E-state index in [0.29, 0.717) is 12.1 Å². The fourth-order valence-corrected chi connectivity index (χ4v) is 4.77. The minimum absolute atomic E-state index is 0.575. The molecule has 2 aliphatic heterocycles. The maximum atomic E-state index is 2.79. The van der Waals surface area contributed by atoms with Crippen molar-refractivity contribution in [2.75, 3.05) is 19.6 Å².